The molecule has 0 bridgehead atoms. The Labute approximate surface area is 177 Å². The van der Waals surface area contributed by atoms with E-state index in [0.29, 0.717) is 44.2 Å². The second kappa shape index (κ2) is 10.2. The molecule has 0 saturated heterocycles. The van der Waals surface area contributed by atoms with Gasteiger partial charge >= 0.3 is 0 Å². The van der Waals surface area contributed by atoms with Crippen molar-refractivity contribution in [2.45, 2.75) is 39.3 Å². The second-order valence-corrected chi connectivity index (χ2v) is 7.82. The van der Waals surface area contributed by atoms with Crippen LogP contribution in [0.25, 0.3) is 0 Å². The molecule has 0 fully saturated rings. The van der Waals surface area contributed by atoms with Crippen molar-refractivity contribution in [3.63, 3.8) is 0 Å². The molecule has 0 aliphatic carbocycles. The lowest BCUT2D eigenvalue weighted by Crippen LogP contribution is -2.50. The molecule has 1 atom stereocenters. The van der Waals surface area contributed by atoms with Crippen molar-refractivity contribution in [2.24, 2.45) is 5.92 Å². The van der Waals surface area contributed by atoms with Gasteiger partial charge in [-0.2, -0.15) is 0 Å². The Bertz CT molecular complexity index is 867. The number of nitrogens with one attached hydrogen (secondary N) is 1. The predicted molar refractivity (Wildman–Crippen MR) is 114 cm³/mol. The summed E-state index contributed by atoms with van der Waals surface area (Å²) in [6.07, 6.45) is 2.47. The van der Waals surface area contributed by atoms with Crippen LogP contribution in [-0.4, -0.2) is 48.1 Å². The van der Waals surface area contributed by atoms with Crippen molar-refractivity contribution in [2.75, 3.05) is 25.6 Å². The summed E-state index contributed by atoms with van der Waals surface area (Å²) in [6.45, 7) is 5.34. The Morgan fingerprint density at radius 1 is 1.17 bits per heavy atom. The summed E-state index contributed by atoms with van der Waals surface area (Å²) in [4.78, 5) is 31.9. The maximum atomic E-state index is 13.1. The van der Waals surface area contributed by atoms with E-state index in [9.17, 15) is 9.59 Å². The van der Waals surface area contributed by atoms with Gasteiger partial charge in [0, 0.05) is 32.6 Å². The minimum absolute atomic E-state index is 0.000306. The number of rotatable bonds is 8. The SMILES string of the molecule is COCCOc1ccc(NC(=O)C2Cc3ccccc3CN2C(=O)CC(C)C)cn1. The number of carbonyl (C=O) groups excluding carboxylic acids is 2. The van der Waals surface area contributed by atoms with Crippen LogP contribution < -0.4 is 10.1 Å². The molecule has 0 radical (unpaired) electrons. The number of benzene rings is 1. The maximum absolute atomic E-state index is 13.1. The molecule has 1 N–H and O–H groups in total. The zero-order valence-electron chi connectivity index (χ0n) is 17.8. The number of ether oxygens (including phenoxy) is 2. The summed E-state index contributed by atoms with van der Waals surface area (Å²) in [5.41, 5.74) is 2.76. The topological polar surface area (TPSA) is 80.8 Å². The van der Waals surface area contributed by atoms with Crippen molar-refractivity contribution < 1.29 is 19.1 Å². The summed E-state index contributed by atoms with van der Waals surface area (Å²) in [6, 6.07) is 10.9. The van der Waals surface area contributed by atoms with Crippen molar-refractivity contribution in [1.82, 2.24) is 9.88 Å². The first-order valence-corrected chi connectivity index (χ1v) is 10.2. The van der Waals surface area contributed by atoms with Gasteiger partial charge in [-0.1, -0.05) is 38.1 Å². The Morgan fingerprint density at radius 2 is 1.93 bits per heavy atom. The molecule has 160 valence electrons. The second-order valence-electron chi connectivity index (χ2n) is 7.82. The summed E-state index contributed by atoms with van der Waals surface area (Å²) >= 11 is 0. The highest BCUT2D eigenvalue weighted by atomic mass is 16.5. The Hall–Kier alpha value is -2.93. The summed E-state index contributed by atoms with van der Waals surface area (Å²) < 4.78 is 10.4. The van der Waals surface area contributed by atoms with E-state index in [4.69, 9.17) is 9.47 Å². The molecule has 7 nitrogen and oxygen atoms in total. The maximum Gasteiger partial charge on any atom is 0.247 e. The predicted octanol–water partition coefficient (Wildman–Crippen LogP) is 3.04. The summed E-state index contributed by atoms with van der Waals surface area (Å²) in [7, 11) is 1.61. The smallest absolute Gasteiger partial charge is 0.247 e. The normalized spacial score (nSPS) is 15.6. The van der Waals surface area contributed by atoms with Gasteiger partial charge in [-0.25, -0.2) is 4.98 Å². The number of fused-ring (bicyclic) bond motifs is 1. The zero-order chi connectivity index (χ0) is 21.5. The van der Waals surface area contributed by atoms with Gasteiger partial charge in [0.25, 0.3) is 0 Å². The molecule has 1 unspecified atom stereocenters. The third-order valence-electron chi connectivity index (χ3n) is 5.00. The van der Waals surface area contributed by atoms with Gasteiger partial charge < -0.3 is 19.7 Å². The van der Waals surface area contributed by atoms with Crippen molar-refractivity contribution >= 4 is 17.5 Å². The van der Waals surface area contributed by atoms with Gasteiger partial charge in [0.2, 0.25) is 17.7 Å². The Kier molecular flexibility index (Phi) is 7.41. The molecular formula is C23H29N3O4. The largest absolute Gasteiger partial charge is 0.475 e. The standard InChI is InChI=1S/C23H29N3O4/c1-16(2)12-22(27)26-15-18-7-5-4-6-17(18)13-20(26)23(28)25-19-8-9-21(24-14-19)30-11-10-29-3/h4-9,14,16,20H,10-13,15H2,1-3H3,(H,25,28). The van der Waals surface area contributed by atoms with E-state index in [1.165, 1.54) is 0 Å². The molecule has 2 aromatic rings. The lowest BCUT2D eigenvalue weighted by Gasteiger charge is -2.36. The zero-order valence-corrected chi connectivity index (χ0v) is 17.8. The first kappa shape index (κ1) is 21.8. The molecule has 7 heteroatoms. The van der Waals surface area contributed by atoms with E-state index < -0.39 is 6.04 Å². The van der Waals surface area contributed by atoms with Gasteiger partial charge in [-0.3, -0.25) is 9.59 Å². The number of amides is 2. The van der Waals surface area contributed by atoms with E-state index in [-0.39, 0.29) is 17.7 Å². The number of carbonyl (C=O) groups is 2. The van der Waals surface area contributed by atoms with Crippen molar-refractivity contribution in [3.05, 3.63) is 53.7 Å². The highest BCUT2D eigenvalue weighted by Crippen LogP contribution is 2.26. The van der Waals surface area contributed by atoms with Crippen LogP contribution in [0.5, 0.6) is 5.88 Å². The average molecular weight is 412 g/mol. The van der Waals surface area contributed by atoms with Crippen LogP contribution in [0.4, 0.5) is 5.69 Å². The minimum Gasteiger partial charge on any atom is -0.475 e. The quantitative estimate of drug-likeness (QED) is 0.676. The number of hydrogen-bond acceptors (Lipinski definition) is 5. The number of nitrogens with zero attached hydrogens (tertiary/aromatic N) is 2. The van der Waals surface area contributed by atoms with E-state index in [2.05, 4.69) is 10.3 Å². The molecular weight excluding hydrogens is 382 g/mol. The van der Waals surface area contributed by atoms with Gasteiger partial charge in [0.1, 0.15) is 12.6 Å². The molecule has 3 rings (SSSR count). The fraction of sp³-hybridized carbons (Fsp3) is 0.435. The molecule has 1 aliphatic heterocycles. The molecule has 1 aromatic heterocycles. The van der Waals surface area contributed by atoms with E-state index >= 15 is 0 Å². The first-order valence-electron chi connectivity index (χ1n) is 10.2. The number of pyridine rings is 1. The number of anilines is 1. The van der Waals surface area contributed by atoms with E-state index in [0.717, 1.165) is 11.1 Å². The number of aromatic nitrogens is 1. The molecule has 2 heterocycles. The van der Waals surface area contributed by atoms with Crippen LogP contribution in [0.2, 0.25) is 0 Å². The van der Waals surface area contributed by atoms with Crippen LogP contribution in [0.1, 0.15) is 31.4 Å². The molecule has 1 aliphatic rings. The monoisotopic (exact) mass is 411 g/mol. The van der Waals surface area contributed by atoms with Gasteiger partial charge in [-0.15, -0.1) is 0 Å². The van der Waals surface area contributed by atoms with Gasteiger partial charge in [0.15, 0.2) is 0 Å². The van der Waals surface area contributed by atoms with E-state index in [1.807, 2.05) is 38.1 Å². The van der Waals surface area contributed by atoms with Crippen molar-refractivity contribution in [3.8, 4) is 5.88 Å². The van der Waals surface area contributed by atoms with Gasteiger partial charge in [-0.05, 0) is 23.1 Å². The van der Waals surface area contributed by atoms with E-state index in [1.54, 1.807) is 30.3 Å². The van der Waals surface area contributed by atoms with Gasteiger partial charge in [0.05, 0.1) is 18.5 Å². The minimum atomic E-state index is -0.552. The third kappa shape index (κ3) is 5.57. The molecule has 2 amide bonds. The molecule has 30 heavy (non-hydrogen) atoms. The molecule has 0 spiro atoms. The third-order valence-corrected chi connectivity index (χ3v) is 5.00. The van der Waals surface area contributed by atoms with Crippen LogP contribution in [-0.2, 0) is 27.3 Å². The fourth-order valence-corrected chi connectivity index (χ4v) is 3.48. The Morgan fingerprint density at radius 3 is 2.60 bits per heavy atom. The highest BCUT2D eigenvalue weighted by molar-refractivity contribution is 5.97. The van der Waals surface area contributed by atoms with Crippen LogP contribution in [0.15, 0.2) is 42.6 Å². The lowest BCUT2D eigenvalue weighted by atomic mass is 9.92. The van der Waals surface area contributed by atoms with Crippen LogP contribution in [0.3, 0.4) is 0 Å². The number of hydrogen-bond donors (Lipinski definition) is 1. The average Bonchev–Trinajstić information content (AvgIpc) is 2.73. The van der Waals surface area contributed by atoms with Crippen molar-refractivity contribution in [1.29, 1.82) is 0 Å². The molecule has 0 saturated carbocycles. The van der Waals surface area contributed by atoms with Crippen LogP contribution >= 0.6 is 0 Å². The lowest BCUT2D eigenvalue weighted by molar-refractivity contribution is -0.140. The first-order chi connectivity index (χ1) is 14.5. The molecule has 1 aromatic carbocycles. The highest BCUT2D eigenvalue weighted by Gasteiger charge is 2.34. The fourth-order valence-electron chi connectivity index (χ4n) is 3.48. The number of methoxy groups -OCH3 is 1. The van der Waals surface area contributed by atoms with Crippen LogP contribution in [0, 0.1) is 5.92 Å². The summed E-state index contributed by atoms with van der Waals surface area (Å²) in [5, 5.41) is 2.90. The summed E-state index contributed by atoms with van der Waals surface area (Å²) in [5.74, 6) is 0.481. The Balaban J connectivity index is 1.72.